The van der Waals surface area contributed by atoms with Gasteiger partial charge in [0.05, 0.1) is 42.1 Å². The maximum absolute atomic E-state index is 14.2. The number of carbonyl (C=O) groups excluding carboxylic acids is 4. The van der Waals surface area contributed by atoms with Gasteiger partial charge in [0.25, 0.3) is 11.8 Å². The Kier molecular flexibility index (Phi) is 7.05. The summed E-state index contributed by atoms with van der Waals surface area (Å²) in [5.74, 6) is -4.66. The van der Waals surface area contributed by atoms with Crippen molar-refractivity contribution >= 4 is 74.1 Å². The van der Waals surface area contributed by atoms with Gasteiger partial charge in [0.1, 0.15) is 18.1 Å². The number of imide groups is 2. The second-order valence-electron chi connectivity index (χ2n) is 11.6. The van der Waals surface area contributed by atoms with Crippen molar-refractivity contribution in [3.8, 4) is 0 Å². The number of amides is 4. The van der Waals surface area contributed by atoms with Crippen LogP contribution in [-0.4, -0.2) is 75.1 Å². The number of alkyl halides is 3. The lowest BCUT2D eigenvalue weighted by atomic mass is 9.57. The van der Waals surface area contributed by atoms with Crippen molar-refractivity contribution in [3.63, 3.8) is 0 Å². The Balaban J connectivity index is 1.28. The lowest BCUT2D eigenvalue weighted by Gasteiger charge is -2.49. The minimum atomic E-state index is -1.94. The highest BCUT2D eigenvalue weighted by atomic mass is 79.9. The van der Waals surface area contributed by atoms with Gasteiger partial charge in [0.2, 0.25) is 11.8 Å². The molecule has 1 N–H and O–H groups in total. The van der Waals surface area contributed by atoms with Crippen molar-refractivity contribution in [1.29, 1.82) is 0 Å². The number of carbonyl (C=O) groups is 4. The molecule has 226 valence electrons. The van der Waals surface area contributed by atoms with Crippen molar-refractivity contribution in [3.05, 3.63) is 59.6 Å². The molecule has 2 aromatic rings. The molecule has 5 aliphatic rings. The molecule has 0 spiro atoms. The largest absolute Gasteiger partial charge is 0.463 e. The molecule has 0 unspecified atom stereocenters. The zero-order chi connectivity index (χ0) is 30.3. The number of anilines is 2. The van der Waals surface area contributed by atoms with Gasteiger partial charge in [0, 0.05) is 18.8 Å². The smallest absolute Gasteiger partial charge is 0.254 e. The number of furan rings is 1. The summed E-state index contributed by atoms with van der Waals surface area (Å²) < 4.78 is 11.3. The molecule has 13 heteroatoms. The van der Waals surface area contributed by atoms with E-state index in [2.05, 4.69) is 20.8 Å². The molecule has 1 saturated carbocycles. The predicted molar refractivity (Wildman–Crippen MR) is 160 cm³/mol. The summed E-state index contributed by atoms with van der Waals surface area (Å²) in [7, 11) is 0. The normalized spacial score (nSPS) is 34.0. The summed E-state index contributed by atoms with van der Waals surface area (Å²) in [5.41, 5.74) is 1.97. The van der Waals surface area contributed by atoms with E-state index in [-0.39, 0.29) is 48.2 Å². The number of aliphatic hydroxyl groups is 1. The number of hydrogen-bond acceptors (Lipinski definition) is 8. The topological polar surface area (TPSA) is 121 Å². The molecule has 1 aromatic carbocycles. The minimum Gasteiger partial charge on any atom is -0.463 e. The molecule has 3 saturated heterocycles. The molecule has 3 aliphatic heterocycles. The summed E-state index contributed by atoms with van der Waals surface area (Å²) in [5, 5.41) is 9.68. The maximum atomic E-state index is 14.2. The molecular formula is C30H28BrCl2N3O7. The maximum Gasteiger partial charge on any atom is 0.254 e. The summed E-state index contributed by atoms with van der Waals surface area (Å²) >= 11 is 17.6. The van der Waals surface area contributed by atoms with Gasteiger partial charge in [-0.15, -0.1) is 23.2 Å². The molecule has 0 radical (unpaired) electrons. The number of fused-ring (bicyclic) bond motifs is 4. The first-order valence-corrected chi connectivity index (χ1v) is 16.0. The quantitative estimate of drug-likeness (QED) is 0.219. The first-order valence-electron chi connectivity index (χ1n) is 14.2. The van der Waals surface area contributed by atoms with E-state index < -0.39 is 45.2 Å². The van der Waals surface area contributed by atoms with E-state index in [0.717, 1.165) is 23.7 Å². The Hall–Kier alpha value is -2.70. The number of ether oxygens (including phenoxy) is 1. The first-order chi connectivity index (χ1) is 20.7. The third-order valence-corrected chi connectivity index (χ3v) is 11.5. The Morgan fingerprint density at radius 3 is 2.28 bits per heavy atom. The van der Waals surface area contributed by atoms with E-state index in [0.29, 0.717) is 24.5 Å². The number of allylic oxidation sites excluding steroid dienone is 2. The van der Waals surface area contributed by atoms with Crippen LogP contribution in [0.5, 0.6) is 0 Å². The zero-order valence-electron chi connectivity index (χ0n) is 22.9. The van der Waals surface area contributed by atoms with Crippen molar-refractivity contribution < 1.29 is 33.4 Å². The van der Waals surface area contributed by atoms with E-state index in [1.165, 1.54) is 4.90 Å². The second kappa shape index (κ2) is 10.4. The molecule has 4 fully saturated rings. The number of morpholine rings is 1. The van der Waals surface area contributed by atoms with Crippen LogP contribution in [0, 0.1) is 17.8 Å². The van der Waals surface area contributed by atoms with Crippen LogP contribution in [0.4, 0.5) is 11.4 Å². The van der Waals surface area contributed by atoms with Crippen LogP contribution < -0.4 is 9.80 Å². The van der Waals surface area contributed by atoms with E-state index in [1.807, 2.05) is 18.2 Å². The van der Waals surface area contributed by atoms with E-state index in [1.54, 1.807) is 24.3 Å². The van der Waals surface area contributed by atoms with Gasteiger partial charge in [-0.3, -0.25) is 29.0 Å². The molecule has 2 aliphatic carbocycles. The summed E-state index contributed by atoms with van der Waals surface area (Å²) in [4.78, 5) is 56.0. The average Bonchev–Trinajstić information content (AvgIpc) is 3.64. The monoisotopic (exact) mass is 691 g/mol. The van der Waals surface area contributed by atoms with E-state index in [4.69, 9.17) is 32.4 Å². The van der Waals surface area contributed by atoms with Gasteiger partial charge in [-0.05, 0) is 55.2 Å². The Morgan fingerprint density at radius 2 is 1.63 bits per heavy atom. The van der Waals surface area contributed by atoms with Crippen molar-refractivity contribution in [2.24, 2.45) is 17.8 Å². The third-order valence-electron chi connectivity index (χ3n) is 9.62. The fourth-order valence-corrected chi connectivity index (χ4v) is 9.00. The number of halogens is 3. The Bertz CT molecular complexity index is 1560. The van der Waals surface area contributed by atoms with Crippen LogP contribution >= 0.6 is 39.1 Å². The molecule has 4 amide bonds. The lowest BCUT2D eigenvalue weighted by Crippen LogP contribution is -2.60. The van der Waals surface area contributed by atoms with Crippen LogP contribution in [0.15, 0.2) is 52.5 Å². The van der Waals surface area contributed by atoms with Crippen molar-refractivity contribution in [1.82, 2.24) is 4.90 Å². The fraction of sp³-hybridized carbons (Fsp3) is 0.467. The SMILES string of the molecule is O=C1[C@H]2[C@H](CC=C3[C@H]2C[C@@]2(Cl)C(=O)N(CBr)C(=O)[C@@]2(Cl)[C@H]3c2ccc(CO)o2)C(=O)N1c1ccc(N2CCOCC2)cc1. The fourth-order valence-electron chi connectivity index (χ4n) is 7.59. The molecule has 1 aromatic heterocycles. The summed E-state index contributed by atoms with van der Waals surface area (Å²) in [6, 6.07) is 10.5. The van der Waals surface area contributed by atoms with Gasteiger partial charge in [0.15, 0.2) is 9.75 Å². The van der Waals surface area contributed by atoms with Gasteiger partial charge in [-0.1, -0.05) is 27.6 Å². The molecule has 6 atom stereocenters. The predicted octanol–water partition coefficient (Wildman–Crippen LogP) is 3.52. The van der Waals surface area contributed by atoms with Crippen LogP contribution in [0.3, 0.4) is 0 Å². The third kappa shape index (κ3) is 3.97. The van der Waals surface area contributed by atoms with Gasteiger partial charge in [-0.2, -0.15) is 0 Å². The van der Waals surface area contributed by atoms with E-state index >= 15 is 0 Å². The van der Waals surface area contributed by atoms with Crippen molar-refractivity contribution in [2.75, 3.05) is 41.6 Å². The highest BCUT2D eigenvalue weighted by Gasteiger charge is 2.76. The Morgan fingerprint density at radius 1 is 0.930 bits per heavy atom. The number of rotatable bonds is 5. The molecule has 43 heavy (non-hydrogen) atoms. The van der Waals surface area contributed by atoms with Crippen molar-refractivity contribution in [2.45, 2.75) is 35.1 Å². The number of benzene rings is 1. The highest BCUT2D eigenvalue weighted by Crippen LogP contribution is 2.65. The van der Waals surface area contributed by atoms with Gasteiger partial charge < -0.3 is 19.2 Å². The Labute approximate surface area is 265 Å². The lowest BCUT2D eigenvalue weighted by molar-refractivity contribution is -0.138. The molecule has 0 bridgehead atoms. The van der Waals surface area contributed by atoms with E-state index in [9.17, 15) is 24.3 Å². The molecule has 4 heterocycles. The molecule has 7 rings (SSSR count). The van der Waals surface area contributed by atoms with Crippen LogP contribution in [-0.2, 0) is 30.5 Å². The van der Waals surface area contributed by atoms with Crippen LogP contribution in [0.2, 0.25) is 0 Å². The average molecular weight is 693 g/mol. The van der Waals surface area contributed by atoms with Gasteiger partial charge in [-0.25, -0.2) is 0 Å². The van der Waals surface area contributed by atoms with Crippen LogP contribution in [0.1, 0.15) is 30.3 Å². The van der Waals surface area contributed by atoms with Crippen LogP contribution in [0.25, 0.3) is 0 Å². The first kappa shape index (κ1) is 29.0. The van der Waals surface area contributed by atoms with Gasteiger partial charge >= 0.3 is 0 Å². The standard InChI is InChI=1S/C30H28BrCl2N3O7/c31-15-35-27(40)29(32)13-21-19(24(30(29,33)28(35)41)22-8-5-18(14-37)43-22)6-7-20-23(21)26(39)36(25(20)38)17-3-1-16(2-4-17)34-9-11-42-12-10-34/h1-6,8,20-21,23-24,37H,7,9-15H2/t20-,21+,23-,24+,29+,30-/m0/s1. The number of nitrogens with zero attached hydrogens (tertiary/aromatic N) is 3. The number of aliphatic hydroxyl groups excluding tert-OH is 1. The zero-order valence-corrected chi connectivity index (χ0v) is 26.0. The molecule has 10 nitrogen and oxygen atoms in total. The highest BCUT2D eigenvalue weighted by molar-refractivity contribution is 9.09. The molecular weight excluding hydrogens is 665 g/mol. The number of likely N-dealkylation sites (tertiary alicyclic amines) is 1. The number of hydrogen-bond donors (Lipinski definition) is 1. The second-order valence-corrected chi connectivity index (χ2v) is 13.3. The minimum absolute atomic E-state index is 0.105. The summed E-state index contributed by atoms with van der Waals surface area (Å²) in [6.07, 6.45) is 2.00. The summed E-state index contributed by atoms with van der Waals surface area (Å²) in [6.45, 7) is 2.41.